The Bertz CT molecular complexity index is 669. The first-order valence-electron chi connectivity index (χ1n) is 10.8. The molecule has 1 aromatic carbocycles. The van der Waals surface area contributed by atoms with Gasteiger partial charge in [0.15, 0.2) is 0 Å². The average Bonchev–Trinajstić information content (AvgIpc) is 2.66. The number of hydrogen-bond donors (Lipinski definition) is 2. The van der Waals surface area contributed by atoms with Gasteiger partial charge in [-0.05, 0) is 56.4 Å². The summed E-state index contributed by atoms with van der Waals surface area (Å²) in [7, 11) is 3.99. The third-order valence-electron chi connectivity index (χ3n) is 5.57. The minimum absolute atomic E-state index is 0.0376. The molecule has 2 N–H and O–H groups in total. The Labute approximate surface area is 177 Å². The second-order valence-corrected chi connectivity index (χ2v) is 8.19. The predicted molar refractivity (Wildman–Crippen MR) is 122 cm³/mol. The normalized spacial score (nSPS) is 12.1. The quantitative estimate of drug-likeness (QED) is 0.594. The molecule has 6 nitrogen and oxygen atoms in total. The molecule has 0 bridgehead atoms. The summed E-state index contributed by atoms with van der Waals surface area (Å²) in [5.74, 6) is 0.603. The summed E-state index contributed by atoms with van der Waals surface area (Å²) in [6.07, 6.45) is 1.69. The van der Waals surface area contributed by atoms with Crippen molar-refractivity contribution in [1.82, 2.24) is 10.2 Å². The van der Waals surface area contributed by atoms with E-state index >= 15 is 0 Å². The lowest BCUT2D eigenvalue weighted by molar-refractivity contribution is -0.139. The molecule has 0 heterocycles. The maximum absolute atomic E-state index is 13.3. The van der Waals surface area contributed by atoms with Gasteiger partial charge in [0.05, 0.1) is 0 Å². The molecule has 0 saturated carbocycles. The number of nitrogens with one attached hydrogen (secondary N) is 2. The summed E-state index contributed by atoms with van der Waals surface area (Å²) in [6.45, 7) is 13.5. The highest BCUT2D eigenvalue weighted by molar-refractivity contribution is 5.89. The Morgan fingerprint density at radius 2 is 1.66 bits per heavy atom. The van der Waals surface area contributed by atoms with Crippen LogP contribution in [0, 0.1) is 11.8 Å². The van der Waals surface area contributed by atoms with Gasteiger partial charge in [0.25, 0.3) is 0 Å². The fourth-order valence-electron chi connectivity index (χ4n) is 3.40. The average molecular weight is 405 g/mol. The summed E-state index contributed by atoms with van der Waals surface area (Å²) < 4.78 is 0. The molecule has 0 aromatic heterocycles. The van der Waals surface area contributed by atoms with Crippen molar-refractivity contribution >= 4 is 23.3 Å². The molecule has 0 aliphatic carbocycles. The molecule has 1 aromatic rings. The van der Waals surface area contributed by atoms with E-state index in [0.717, 1.165) is 29.8 Å². The van der Waals surface area contributed by atoms with Crippen LogP contribution in [-0.4, -0.2) is 43.5 Å². The van der Waals surface area contributed by atoms with Crippen molar-refractivity contribution < 1.29 is 9.59 Å². The molecular formula is C23H40N4O2. The van der Waals surface area contributed by atoms with Crippen LogP contribution in [0.4, 0.5) is 16.2 Å². The molecule has 29 heavy (non-hydrogen) atoms. The van der Waals surface area contributed by atoms with Gasteiger partial charge in [0.2, 0.25) is 5.91 Å². The maximum Gasteiger partial charge on any atom is 0.319 e. The van der Waals surface area contributed by atoms with E-state index < -0.39 is 0 Å². The smallest absolute Gasteiger partial charge is 0.319 e. The Hall–Kier alpha value is -2.24. The molecule has 0 aliphatic heterocycles. The van der Waals surface area contributed by atoms with Gasteiger partial charge in [-0.2, -0.15) is 0 Å². The third kappa shape index (κ3) is 6.94. The van der Waals surface area contributed by atoms with Crippen molar-refractivity contribution in [2.45, 2.75) is 67.0 Å². The Balaban J connectivity index is 3.30. The third-order valence-corrected chi connectivity index (χ3v) is 5.57. The first-order chi connectivity index (χ1) is 13.7. The van der Waals surface area contributed by atoms with Crippen molar-refractivity contribution in [1.29, 1.82) is 0 Å². The number of rotatable bonds is 10. The van der Waals surface area contributed by atoms with Gasteiger partial charge < -0.3 is 20.4 Å². The topological polar surface area (TPSA) is 64.7 Å². The summed E-state index contributed by atoms with van der Waals surface area (Å²) in [5, 5.41) is 5.63. The van der Waals surface area contributed by atoms with E-state index in [9.17, 15) is 9.59 Å². The van der Waals surface area contributed by atoms with Crippen molar-refractivity contribution in [2.24, 2.45) is 11.8 Å². The highest BCUT2D eigenvalue weighted by atomic mass is 16.2. The Morgan fingerprint density at radius 3 is 2.14 bits per heavy atom. The van der Waals surface area contributed by atoms with Gasteiger partial charge in [-0.1, -0.05) is 27.7 Å². The number of carbonyl (C=O) groups excluding carboxylic acids is 2. The van der Waals surface area contributed by atoms with Crippen molar-refractivity contribution in [3.05, 3.63) is 23.8 Å². The van der Waals surface area contributed by atoms with Crippen molar-refractivity contribution in [3.8, 4) is 0 Å². The van der Waals surface area contributed by atoms with Crippen LogP contribution in [0.25, 0.3) is 0 Å². The summed E-state index contributed by atoms with van der Waals surface area (Å²) >= 11 is 0. The molecule has 0 aliphatic rings. The van der Waals surface area contributed by atoms with E-state index in [0.29, 0.717) is 19.0 Å². The van der Waals surface area contributed by atoms with Gasteiger partial charge >= 0.3 is 6.03 Å². The van der Waals surface area contributed by atoms with Gasteiger partial charge in [0, 0.05) is 50.5 Å². The standard InChI is InChI=1S/C23H40N4O2/c1-9-18(10-2)22(28)27(17(6)16(4)5)15-19-14-20(25-23(29)24-11-3)12-13-21(19)26(7)8/h12-14,16-18H,9-11,15H2,1-8H3,(H2,24,25,29). The Kier molecular flexibility index (Phi) is 9.99. The van der Waals surface area contributed by atoms with Crippen molar-refractivity contribution in [2.75, 3.05) is 30.9 Å². The van der Waals surface area contributed by atoms with Crippen LogP contribution < -0.4 is 15.5 Å². The number of nitrogens with zero attached hydrogens (tertiary/aromatic N) is 2. The second-order valence-electron chi connectivity index (χ2n) is 8.19. The molecular weight excluding hydrogens is 364 g/mol. The molecule has 0 radical (unpaired) electrons. The molecule has 0 spiro atoms. The molecule has 3 amide bonds. The number of carbonyl (C=O) groups is 2. The predicted octanol–water partition coefficient (Wildman–Crippen LogP) is 4.70. The minimum atomic E-state index is -0.225. The maximum atomic E-state index is 13.3. The van der Waals surface area contributed by atoms with Crippen molar-refractivity contribution in [3.63, 3.8) is 0 Å². The molecule has 0 saturated heterocycles. The number of benzene rings is 1. The van der Waals surface area contributed by atoms with Gasteiger partial charge in [-0.3, -0.25) is 4.79 Å². The first-order valence-corrected chi connectivity index (χ1v) is 10.8. The van der Waals surface area contributed by atoms with E-state index in [4.69, 9.17) is 0 Å². The SMILES string of the molecule is CCNC(=O)Nc1ccc(N(C)C)c(CN(C(=O)C(CC)CC)C(C)C(C)C)c1. The zero-order valence-electron chi connectivity index (χ0n) is 19.5. The van der Waals surface area contributed by atoms with Gasteiger partial charge in [-0.15, -0.1) is 0 Å². The molecule has 1 rings (SSSR count). The fourth-order valence-corrected chi connectivity index (χ4v) is 3.40. The number of amides is 3. The zero-order chi connectivity index (χ0) is 22.1. The highest BCUT2D eigenvalue weighted by Gasteiger charge is 2.28. The van der Waals surface area contributed by atoms with Crippen LogP contribution in [0.1, 0.15) is 59.9 Å². The first kappa shape index (κ1) is 24.8. The number of anilines is 2. The van der Waals surface area contributed by atoms with E-state index in [1.54, 1.807) is 0 Å². The number of urea groups is 1. The van der Waals surface area contributed by atoms with E-state index in [2.05, 4.69) is 45.3 Å². The molecule has 1 atom stereocenters. The molecule has 0 fully saturated rings. The minimum Gasteiger partial charge on any atom is -0.377 e. The molecule has 1 unspecified atom stereocenters. The zero-order valence-corrected chi connectivity index (χ0v) is 19.5. The summed E-state index contributed by atoms with van der Waals surface area (Å²) in [4.78, 5) is 29.3. The highest BCUT2D eigenvalue weighted by Crippen LogP contribution is 2.28. The van der Waals surface area contributed by atoms with Crippen LogP contribution in [0.2, 0.25) is 0 Å². The lowest BCUT2D eigenvalue weighted by Crippen LogP contribution is -2.44. The van der Waals surface area contributed by atoms with Gasteiger partial charge in [-0.25, -0.2) is 4.79 Å². The summed E-state index contributed by atoms with van der Waals surface area (Å²) in [6, 6.07) is 5.77. The van der Waals surface area contributed by atoms with Crippen LogP contribution in [0.5, 0.6) is 0 Å². The van der Waals surface area contributed by atoms with Crippen LogP contribution in [0.3, 0.4) is 0 Å². The second kappa shape index (κ2) is 11.7. The van der Waals surface area contributed by atoms with Crippen LogP contribution in [-0.2, 0) is 11.3 Å². The summed E-state index contributed by atoms with van der Waals surface area (Å²) in [5.41, 5.74) is 2.80. The lowest BCUT2D eigenvalue weighted by Gasteiger charge is -2.35. The van der Waals surface area contributed by atoms with Gasteiger partial charge in [0.1, 0.15) is 0 Å². The Morgan fingerprint density at radius 1 is 1.03 bits per heavy atom. The van der Waals surface area contributed by atoms with Crippen LogP contribution >= 0.6 is 0 Å². The van der Waals surface area contributed by atoms with E-state index in [-0.39, 0.29) is 23.9 Å². The molecule has 6 heteroatoms. The lowest BCUT2D eigenvalue weighted by atomic mass is 9.97. The van der Waals surface area contributed by atoms with Crippen LogP contribution in [0.15, 0.2) is 18.2 Å². The largest absolute Gasteiger partial charge is 0.377 e. The van der Waals surface area contributed by atoms with E-state index in [1.807, 2.05) is 49.0 Å². The number of hydrogen-bond acceptors (Lipinski definition) is 3. The molecule has 164 valence electrons. The van der Waals surface area contributed by atoms with E-state index in [1.165, 1.54) is 0 Å². The fraction of sp³-hybridized carbons (Fsp3) is 0.652. The monoisotopic (exact) mass is 404 g/mol.